The smallest absolute Gasteiger partial charge is 0.328 e. The molecular weight excluding hydrogens is 216 g/mol. The van der Waals surface area contributed by atoms with Gasteiger partial charge in [-0.25, -0.2) is 4.79 Å². The summed E-state index contributed by atoms with van der Waals surface area (Å²) in [5, 5.41) is 9.06. The maximum Gasteiger partial charge on any atom is 0.328 e. The second-order valence-electron chi connectivity index (χ2n) is 3.32. The van der Waals surface area contributed by atoms with E-state index < -0.39 is 5.97 Å². The highest BCUT2D eigenvalue weighted by atomic mass is 35.5. The quantitative estimate of drug-likeness (QED) is 0.741. The van der Waals surface area contributed by atoms with Crippen LogP contribution in [0.5, 0.6) is 0 Å². The molecule has 15 heavy (non-hydrogen) atoms. The summed E-state index contributed by atoms with van der Waals surface area (Å²) in [6, 6.07) is 5.01. The molecule has 0 fully saturated rings. The molecule has 0 heterocycles. The topological polar surface area (TPSA) is 54.4 Å². The van der Waals surface area contributed by atoms with Crippen molar-refractivity contribution in [3.8, 4) is 0 Å². The van der Waals surface area contributed by atoms with Crippen LogP contribution in [0.25, 0.3) is 0 Å². The zero-order valence-corrected chi connectivity index (χ0v) is 8.41. The summed E-state index contributed by atoms with van der Waals surface area (Å²) in [7, 11) is 0. The van der Waals surface area contributed by atoms with Crippen LogP contribution in [0.15, 0.2) is 29.8 Å². The Labute approximate surface area is 91.0 Å². The van der Waals surface area contributed by atoms with Crippen LogP contribution in [0.3, 0.4) is 0 Å². The molecule has 0 aliphatic heterocycles. The maximum atomic E-state index is 11.7. The van der Waals surface area contributed by atoms with E-state index in [-0.39, 0.29) is 5.78 Å². The van der Waals surface area contributed by atoms with Gasteiger partial charge in [0.15, 0.2) is 5.78 Å². The number of ketones is 1. The molecule has 2 rings (SSSR count). The highest BCUT2D eigenvalue weighted by molar-refractivity contribution is 6.31. The molecule has 0 amide bonds. The number of carbonyl (C=O) groups excluding carboxylic acids is 1. The van der Waals surface area contributed by atoms with Gasteiger partial charge in [-0.1, -0.05) is 17.7 Å². The summed E-state index contributed by atoms with van der Waals surface area (Å²) in [6.07, 6.45) is 1.33. The molecule has 1 aromatic carbocycles. The summed E-state index contributed by atoms with van der Waals surface area (Å²) in [5.74, 6) is -1.34. The third-order valence-corrected chi connectivity index (χ3v) is 2.52. The van der Waals surface area contributed by atoms with Gasteiger partial charge in [-0.2, -0.15) is 0 Å². The standard InChI is InChI=1S/C11H7ClO3/c12-8-2-1-6-3-7(4-10(13)14)11(15)9(6)5-8/h1-2,4-5H,3H2,(H,13,14)/b7-4+. The van der Waals surface area contributed by atoms with Gasteiger partial charge in [0.2, 0.25) is 0 Å². The van der Waals surface area contributed by atoms with E-state index in [1.54, 1.807) is 18.2 Å². The first-order chi connectivity index (χ1) is 7.08. The van der Waals surface area contributed by atoms with Gasteiger partial charge in [0, 0.05) is 28.7 Å². The van der Waals surface area contributed by atoms with Gasteiger partial charge in [-0.05, 0) is 17.7 Å². The number of benzene rings is 1. The van der Waals surface area contributed by atoms with Crippen LogP contribution in [0, 0.1) is 0 Å². The van der Waals surface area contributed by atoms with E-state index in [2.05, 4.69) is 0 Å². The Balaban J connectivity index is 2.46. The zero-order valence-electron chi connectivity index (χ0n) is 7.66. The molecule has 0 unspecified atom stereocenters. The van der Waals surface area contributed by atoms with Gasteiger partial charge in [0.25, 0.3) is 0 Å². The minimum absolute atomic E-state index is 0.241. The molecule has 0 atom stereocenters. The van der Waals surface area contributed by atoms with E-state index in [1.165, 1.54) is 0 Å². The molecule has 76 valence electrons. The summed E-state index contributed by atoms with van der Waals surface area (Å²) < 4.78 is 0. The number of carbonyl (C=O) groups is 2. The molecule has 4 heteroatoms. The van der Waals surface area contributed by atoms with Crippen LogP contribution in [-0.4, -0.2) is 16.9 Å². The van der Waals surface area contributed by atoms with Gasteiger partial charge in [0.1, 0.15) is 0 Å². The number of allylic oxidation sites excluding steroid dienone is 1. The van der Waals surface area contributed by atoms with E-state index in [4.69, 9.17) is 16.7 Å². The van der Waals surface area contributed by atoms with Crippen LogP contribution in [0.1, 0.15) is 15.9 Å². The number of aliphatic carboxylic acids is 1. The Morgan fingerprint density at radius 2 is 2.20 bits per heavy atom. The van der Waals surface area contributed by atoms with Crippen molar-refractivity contribution in [3.05, 3.63) is 46.0 Å². The summed E-state index contributed by atoms with van der Waals surface area (Å²) in [6.45, 7) is 0. The fourth-order valence-corrected chi connectivity index (χ4v) is 1.81. The number of carboxylic acid groups (broad SMARTS) is 1. The largest absolute Gasteiger partial charge is 0.478 e. The second kappa shape index (κ2) is 3.51. The Kier molecular flexibility index (Phi) is 2.32. The van der Waals surface area contributed by atoms with Gasteiger partial charge in [-0.3, -0.25) is 4.79 Å². The number of halogens is 1. The van der Waals surface area contributed by atoms with Crippen LogP contribution >= 0.6 is 11.6 Å². The Morgan fingerprint density at radius 3 is 2.87 bits per heavy atom. The Hall–Kier alpha value is -1.61. The molecule has 1 aromatic rings. The lowest BCUT2D eigenvalue weighted by atomic mass is 10.1. The molecule has 0 spiro atoms. The monoisotopic (exact) mass is 222 g/mol. The van der Waals surface area contributed by atoms with Crippen LogP contribution in [0.4, 0.5) is 0 Å². The maximum absolute atomic E-state index is 11.7. The lowest BCUT2D eigenvalue weighted by Gasteiger charge is -1.95. The van der Waals surface area contributed by atoms with Crippen LogP contribution in [-0.2, 0) is 11.2 Å². The molecule has 0 saturated heterocycles. The fraction of sp³-hybridized carbons (Fsp3) is 0.0909. The van der Waals surface area contributed by atoms with Crippen molar-refractivity contribution in [2.75, 3.05) is 0 Å². The van der Waals surface area contributed by atoms with Crippen molar-refractivity contribution < 1.29 is 14.7 Å². The van der Waals surface area contributed by atoms with E-state index in [0.717, 1.165) is 11.6 Å². The van der Waals surface area contributed by atoms with E-state index >= 15 is 0 Å². The first-order valence-corrected chi connectivity index (χ1v) is 4.72. The number of hydrogen-bond acceptors (Lipinski definition) is 2. The highest BCUT2D eigenvalue weighted by Crippen LogP contribution is 2.28. The van der Waals surface area contributed by atoms with E-state index in [9.17, 15) is 9.59 Å². The third kappa shape index (κ3) is 1.78. The molecule has 0 radical (unpaired) electrons. The SMILES string of the molecule is O=C(O)/C=C1\Cc2ccc(Cl)cc2C1=O. The lowest BCUT2D eigenvalue weighted by Crippen LogP contribution is -1.99. The Morgan fingerprint density at radius 1 is 1.47 bits per heavy atom. The van der Waals surface area contributed by atoms with Crippen molar-refractivity contribution in [1.29, 1.82) is 0 Å². The van der Waals surface area contributed by atoms with E-state index in [1.807, 2.05) is 0 Å². The number of rotatable bonds is 1. The fourth-order valence-electron chi connectivity index (χ4n) is 1.64. The minimum atomic E-state index is -1.10. The number of fused-ring (bicyclic) bond motifs is 1. The molecular formula is C11H7ClO3. The number of hydrogen-bond donors (Lipinski definition) is 1. The van der Waals surface area contributed by atoms with Crippen LogP contribution < -0.4 is 0 Å². The summed E-state index contributed by atoms with van der Waals surface area (Å²) in [5.41, 5.74) is 1.65. The predicted octanol–water partition coefficient (Wildman–Crippen LogP) is 2.09. The molecule has 3 nitrogen and oxygen atoms in total. The highest BCUT2D eigenvalue weighted by Gasteiger charge is 2.25. The zero-order chi connectivity index (χ0) is 11.0. The predicted molar refractivity (Wildman–Crippen MR) is 55.2 cm³/mol. The normalized spacial score (nSPS) is 16.9. The molecule has 0 aromatic heterocycles. The average Bonchev–Trinajstić information content (AvgIpc) is 2.44. The first-order valence-electron chi connectivity index (χ1n) is 4.34. The number of carboxylic acids is 1. The lowest BCUT2D eigenvalue weighted by molar-refractivity contribution is -0.131. The van der Waals surface area contributed by atoms with Crippen molar-refractivity contribution in [2.45, 2.75) is 6.42 Å². The van der Waals surface area contributed by atoms with Crippen molar-refractivity contribution in [2.24, 2.45) is 0 Å². The molecule has 1 N–H and O–H groups in total. The van der Waals surface area contributed by atoms with Gasteiger partial charge in [-0.15, -0.1) is 0 Å². The summed E-state index contributed by atoms with van der Waals surface area (Å²) in [4.78, 5) is 22.2. The number of Topliss-reactive ketones (excluding diaryl/α,β-unsaturated/α-hetero) is 1. The first kappa shape index (κ1) is 9.93. The minimum Gasteiger partial charge on any atom is -0.478 e. The molecule has 1 aliphatic rings. The van der Waals surface area contributed by atoms with Gasteiger partial charge < -0.3 is 5.11 Å². The van der Waals surface area contributed by atoms with Crippen molar-refractivity contribution >= 4 is 23.4 Å². The van der Waals surface area contributed by atoms with Crippen molar-refractivity contribution in [3.63, 3.8) is 0 Å². The second-order valence-corrected chi connectivity index (χ2v) is 3.75. The Bertz CT molecular complexity index is 489. The van der Waals surface area contributed by atoms with Crippen molar-refractivity contribution in [1.82, 2.24) is 0 Å². The molecule has 0 saturated carbocycles. The van der Waals surface area contributed by atoms with E-state index in [0.29, 0.717) is 22.6 Å². The third-order valence-electron chi connectivity index (χ3n) is 2.29. The summed E-state index contributed by atoms with van der Waals surface area (Å²) >= 11 is 5.75. The van der Waals surface area contributed by atoms with Gasteiger partial charge >= 0.3 is 5.97 Å². The average molecular weight is 223 g/mol. The van der Waals surface area contributed by atoms with Crippen LogP contribution in [0.2, 0.25) is 5.02 Å². The van der Waals surface area contributed by atoms with Gasteiger partial charge in [0.05, 0.1) is 0 Å². The molecule has 0 bridgehead atoms. The molecule has 1 aliphatic carbocycles.